The average Bonchev–Trinajstić information content (AvgIpc) is 2.53. The molecule has 4 nitrogen and oxygen atoms in total. The lowest BCUT2D eigenvalue weighted by Gasteiger charge is -2.28. The fourth-order valence-corrected chi connectivity index (χ4v) is 2.57. The maximum Gasteiger partial charge on any atom is 0.148 e. The predicted molar refractivity (Wildman–Crippen MR) is 81.0 cm³/mol. The van der Waals surface area contributed by atoms with Crippen molar-refractivity contribution >= 4 is 5.82 Å². The number of hydrogen-bond donors (Lipinski definition) is 2. The van der Waals surface area contributed by atoms with E-state index in [4.69, 9.17) is 0 Å². The Morgan fingerprint density at radius 3 is 2.73 bits per heavy atom. The Labute approximate surface area is 128 Å². The molecule has 0 spiro atoms. The second-order valence-corrected chi connectivity index (χ2v) is 5.41. The van der Waals surface area contributed by atoms with E-state index < -0.39 is 6.17 Å². The normalized spacial score (nSPS) is 21.5. The first-order valence-corrected chi connectivity index (χ1v) is 7.38. The molecule has 0 unspecified atom stereocenters. The molecule has 0 radical (unpaired) electrons. The van der Waals surface area contributed by atoms with Crippen LogP contribution in [0.1, 0.15) is 17.7 Å². The van der Waals surface area contributed by atoms with Crippen LogP contribution in [0.15, 0.2) is 36.7 Å². The summed E-state index contributed by atoms with van der Waals surface area (Å²) < 4.78 is 26.9. The van der Waals surface area contributed by atoms with E-state index in [0.29, 0.717) is 25.2 Å². The van der Waals surface area contributed by atoms with Gasteiger partial charge >= 0.3 is 0 Å². The number of aromatic nitrogens is 2. The summed E-state index contributed by atoms with van der Waals surface area (Å²) in [5.74, 6) is 0.331. The van der Waals surface area contributed by atoms with Crippen molar-refractivity contribution in [2.24, 2.45) is 0 Å². The molecule has 1 aliphatic heterocycles. The van der Waals surface area contributed by atoms with Gasteiger partial charge in [-0.3, -0.25) is 4.98 Å². The molecule has 1 aliphatic rings. The molecule has 3 rings (SSSR count). The molecule has 2 heterocycles. The molecule has 0 amide bonds. The van der Waals surface area contributed by atoms with Crippen LogP contribution in [0.5, 0.6) is 0 Å². The lowest BCUT2D eigenvalue weighted by Crippen LogP contribution is -2.45. The van der Waals surface area contributed by atoms with Crippen molar-refractivity contribution < 1.29 is 8.78 Å². The molecule has 1 aromatic heterocycles. The Morgan fingerprint density at radius 2 is 1.95 bits per heavy atom. The number of halogens is 2. The minimum atomic E-state index is -0.950. The van der Waals surface area contributed by atoms with Crippen LogP contribution in [0.2, 0.25) is 0 Å². The van der Waals surface area contributed by atoms with Gasteiger partial charge in [0.05, 0.1) is 11.7 Å². The zero-order chi connectivity index (χ0) is 15.4. The number of hydrogen-bond acceptors (Lipinski definition) is 4. The van der Waals surface area contributed by atoms with Gasteiger partial charge in [0.15, 0.2) is 0 Å². The Bertz CT molecular complexity index is 618. The van der Waals surface area contributed by atoms with E-state index in [-0.39, 0.29) is 11.9 Å². The highest BCUT2D eigenvalue weighted by molar-refractivity contribution is 5.43. The van der Waals surface area contributed by atoms with Gasteiger partial charge in [-0.05, 0) is 30.7 Å². The molecule has 2 N–H and O–H groups in total. The van der Waals surface area contributed by atoms with Crippen molar-refractivity contribution in [1.82, 2.24) is 15.3 Å². The second kappa shape index (κ2) is 6.79. The zero-order valence-electron chi connectivity index (χ0n) is 12.1. The minimum Gasteiger partial charge on any atom is -0.363 e. The third-order valence-electron chi connectivity index (χ3n) is 3.79. The maximum absolute atomic E-state index is 13.9. The number of rotatable bonds is 4. The van der Waals surface area contributed by atoms with Gasteiger partial charge in [0.25, 0.3) is 0 Å². The molecule has 22 heavy (non-hydrogen) atoms. The van der Waals surface area contributed by atoms with Crippen LogP contribution in [0.4, 0.5) is 14.6 Å². The Morgan fingerprint density at radius 1 is 1.18 bits per heavy atom. The molecule has 2 atom stereocenters. The van der Waals surface area contributed by atoms with Crippen LogP contribution in [-0.4, -0.2) is 35.3 Å². The van der Waals surface area contributed by atoms with Gasteiger partial charge in [0.2, 0.25) is 0 Å². The molecular formula is C16H18F2N4. The van der Waals surface area contributed by atoms with Gasteiger partial charge in [-0.1, -0.05) is 12.1 Å². The highest BCUT2D eigenvalue weighted by Crippen LogP contribution is 2.19. The summed E-state index contributed by atoms with van der Waals surface area (Å²) in [6, 6.07) is 6.02. The average molecular weight is 304 g/mol. The number of benzene rings is 1. The van der Waals surface area contributed by atoms with Gasteiger partial charge in [-0.15, -0.1) is 0 Å². The van der Waals surface area contributed by atoms with Crippen molar-refractivity contribution in [3.63, 3.8) is 0 Å². The third-order valence-corrected chi connectivity index (χ3v) is 3.79. The summed E-state index contributed by atoms with van der Waals surface area (Å²) in [6.45, 7) is 1.14. The first-order valence-electron chi connectivity index (χ1n) is 7.38. The first-order chi connectivity index (χ1) is 10.7. The number of anilines is 1. The highest BCUT2D eigenvalue weighted by atomic mass is 19.1. The second-order valence-electron chi connectivity index (χ2n) is 5.41. The van der Waals surface area contributed by atoms with E-state index in [0.717, 1.165) is 17.8 Å². The summed E-state index contributed by atoms with van der Waals surface area (Å²) in [6.07, 6.45) is 3.48. The van der Waals surface area contributed by atoms with Gasteiger partial charge < -0.3 is 10.6 Å². The SMILES string of the molecule is Fc1ccc(Cc2nccnc2N[C@@H]2CCNC[C@H]2F)cc1. The van der Waals surface area contributed by atoms with Crippen LogP contribution >= 0.6 is 0 Å². The summed E-state index contributed by atoms with van der Waals surface area (Å²) in [4.78, 5) is 8.62. The van der Waals surface area contributed by atoms with Crippen molar-refractivity contribution in [3.8, 4) is 0 Å². The van der Waals surface area contributed by atoms with Crippen LogP contribution in [-0.2, 0) is 6.42 Å². The topological polar surface area (TPSA) is 49.8 Å². The standard InChI is InChI=1S/C16H18F2N4/c17-12-3-1-11(2-4-12)9-15-16(21-8-7-20-15)22-14-5-6-19-10-13(14)18/h1-4,7-8,13-14,19H,5-6,9-10H2,(H,21,22)/t13-,14-/m1/s1. The number of alkyl halides is 1. The number of piperidine rings is 1. The van der Waals surface area contributed by atoms with E-state index in [9.17, 15) is 8.78 Å². The summed E-state index contributed by atoms with van der Waals surface area (Å²) in [5, 5.41) is 6.19. The largest absolute Gasteiger partial charge is 0.363 e. The Hall–Kier alpha value is -2.08. The fraction of sp³-hybridized carbons (Fsp3) is 0.375. The third kappa shape index (κ3) is 3.57. The maximum atomic E-state index is 13.9. The lowest BCUT2D eigenvalue weighted by atomic mass is 10.0. The Balaban J connectivity index is 1.76. The van der Waals surface area contributed by atoms with Crippen LogP contribution in [0, 0.1) is 5.82 Å². The molecule has 0 bridgehead atoms. The van der Waals surface area contributed by atoms with E-state index in [1.165, 1.54) is 12.1 Å². The highest BCUT2D eigenvalue weighted by Gasteiger charge is 2.25. The molecule has 0 saturated carbocycles. The molecule has 116 valence electrons. The van der Waals surface area contributed by atoms with Crippen LogP contribution in [0.25, 0.3) is 0 Å². The summed E-state index contributed by atoms with van der Waals surface area (Å²) >= 11 is 0. The van der Waals surface area contributed by atoms with Gasteiger partial charge in [-0.25, -0.2) is 13.8 Å². The van der Waals surface area contributed by atoms with Gasteiger partial charge in [0.1, 0.15) is 17.8 Å². The molecule has 1 aromatic carbocycles. The van der Waals surface area contributed by atoms with Gasteiger partial charge in [-0.2, -0.15) is 0 Å². The van der Waals surface area contributed by atoms with Crippen LogP contribution in [0.3, 0.4) is 0 Å². The zero-order valence-corrected chi connectivity index (χ0v) is 12.1. The molecule has 1 saturated heterocycles. The van der Waals surface area contributed by atoms with Crippen molar-refractivity contribution in [1.29, 1.82) is 0 Å². The molecular weight excluding hydrogens is 286 g/mol. The van der Waals surface area contributed by atoms with E-state index in [2.05, 4.69) is 20.6 Å². The number of nitrogens with one attached hydrogen (secondary N) is 2. The summed E-state index contributed by atoms with van der Waals surface area (Å²) in [5.41, 5.74) is 1.67. The fourth-order valence-electron chi connectivity index (χ4n) is 2.57. The van der Waals surface area contributed by atoms with E-state index in [1.54, 1.807) is 24.5 Å². The predicted octanol–water partition coefficient (Wildman–Crippen LogP) is 2.32. The molecule has 6 heteroatoms. The van der Waals surface area contributed by atoms with Gasteiger partial charge in [0, 0.05) is 25.4 Å². The summed E-state index contributed by atoms with van der Waals surface area (Å²) in [7, 11) is 0. The molecule has 0 aliphatic carbocycles. The minimum absolute atomic E-state index is 0.259. The lowest BCUT2D eigenvalue weighted by molar-refractivity contribution is 0.244. The van der Waals surface area contributed by atoms with Crippen molar-refractivity contribution in [3.05, 3.63) is 53.7 Å². The smallest absolute Gasteiger partial charge is 0.148 e. The quantitative estimate of drug-likeness (QED) is 0.910. The molecule has 1 fully saturated rings. The van der Waals surface area contributed by atoms with Crippen molar-refractivity contribution in [2.75, 3.05) is 18.4 Å². The Kier molecular flexibility index (Phi) is 4.58. The first kappa shape index (κ1) is 14.8. The molecule has 2 aromatic rings. The van der Waals surface area contributed by atoms with E-state index in [1.807, 2.05) is 0 Å². The number of nitrogens with zero attached hydrogens (tertiary/aromatic N) is 2. The monoisotopic (exact) mass is 304 g/mol. The van der Waals surface area contributed by atoms with Crippen molar-refractivity contribution in [2.45, 2.75) is 25.1 Å². The van der Waals surface area contributed by atoms with Crippen LogP contribution < -0.4 is 10.6 Å². The van der Waals surface area contributed by atoms with E-state index >= 15 is 0 Å².